The maximum absolute atomic E-state index is 12.7. The summed E-state index contributed by atoms with van der Waals surface area (Å²) in [5, 5.41) is 9.87. The van der Waals surface area contributed by atoms with Crippen LogP contribution in [0.15, 0.2) is 6.07 Å². The number of ketones is 1. The molecular formula is C22H30N2O5. The lowest BCUT2D eigenvalue weighted by atomic mass is 10.1. The van der Waals surface area contributed by atoms with E-state index < -0.39 is 12.1 Å². The van der Waals surface area contributed by atoms with Crippen LogP contribution < -0.4 is 0 Å². The van der Waals surface area contributed by atoms with Gasteiger partial charge in [-0.05, 0) is 59.1 Å². The Bertz CT molecular complexity index is 916. The Hall–Kier alpha value is -2.38. The zero-order valence-electron chi connectivity index (χ0n) is 17.8. The minimum absolute atomic E-state index is 0.183. The van der Waals surface area contributed by atoms with Crippen molar-refractivity contribution in [1.29, 1.82) is 0 Å². The molecule has 3 heterocycles. The zero-order chi connectivity index (χ0) is 21.3. The molecule has 1 aliphatic heterocycles. The van der Waals surface area contributed by atoms with Crippen LogP contribution in [0.25, 0.3) is 0 Å². The summed E-state index contributed by atoms with van der Waals surface area (Å²) >= 11 is 0. The number of aliphatic hydroxyl groups is 1. The first-order valence-electron chi connectivity index (χ1n) is 10.1. The predicted molar refractivity (Wildman–Crippen MR) is 108 cm³/mol. The van der Waals surface area contributed by atoms with Crippen molar-refractivity contribution in [3.63, 3.8) is 0 Å². The lowest BCUT2D eigenvalue weighted by Crippen LogP contribution is -2.18. The molecule has 0 amide bonds. The number of aliphatic hydroxyl groups excluding tert-OH is 1. The average molecular weight is 402 g/mol. The van der Waals surface area contributed by atoms with Crippen LogP contribution in [-0.2, 0) is 16.0 Å². The molecule has 158 valence electrons. The predicted octanol–water partition coefficient (Wildman–Crippen LogP) is 3.32. The van der Waals surface area contributed by atoms with Gasteiger partial charge in [0.15, 0.2) is 6.61 Å². The molecule has 0 aromatic carbocycles. The van der Waals surface area contributed by atoms with Crippen molar-refractivity contribution in [3.05, 3.63) is 45.5 Å². The monoisotopic (exact) mass is 402 g/mol. The van der Waals surface area contributed by atoms with E-state index in [0.29, 0.717) is 22.4 Å². The lowest BCUT2D eigenvalue weighted by Gasteiger charge is -2.14. The fraction of sp³-hybridized carbons (Fsp3) is 0.545. The van der Waals surface area contributed by atoms with Gasteiger partial charge in [-0.25, -0.2) is 4.79 Å². The molecule has 1 aliphatic rings. The van der Waals surface area contributed by atoms with Crippen molar-refractivity contribution in [1.82, 2.24) is 9.55 Å². The molecule has 2 N–H and O–H groups in total. The molecular weight excluding hydrogens is 372 g/mol. The van der Waals surface area contributed by atoms with Gasteiger partial charge in [0.05, 0.1) is 12.2 Å². The number of ether oxygens (including phenoxy) is 2. The molecule has 3 rings (SSSR count). The Balaban J connectivity index is 1.68. The number of nitrogens with zero attached hydrogens (tertiary/aromatic N) is 1. The van der Waals surface area contributed by atoms with Crippen molar-refractivity contribution in [2.45, 2.75) is 66.2 Å². The Kier molecular flexibility index (Phi) is 6.29. The van der Waals surface area contributed by atoms with E-state index >= 15 is 0 Å². The molecule has 0 radical (unpaired) electrons. The first-order chi connectivity index (χ1) is 13.7. The highest BCUT2D eigenvalue weighted by Gasteiger charge is 2.24. The lowest BCUT2D eigenvalue weighted by molar-refractivity contribution is 0.0468. The molecule has 7 heteroatoms. The normalized spacial score (nSPS) is 17.5. The number of Topliss-reactive ketones (excluding diaryl/α,β-unsaturated/α-hetero) is 1. The van der Waals surface area contributed by atoms with Crippen LogP contribution in [0.3, 0.4) is 0 Å². The maximum Gasteiger partial charge on any atom is 0.355 e. The van der Waals surface area contributed by atoms with Gasteiger partial charge >= 0.3 is 5.97 Å². The second-order valence-corrected chi connectivity index (χ2v) is 7.87. The molecule has 2 atom stereocenters. The molecule has 0 unspecified atom stereocenters. The summed E-state index contributed by atoms with van der Waals surface area (Å²) in [5.74, 6) is -0.833. The highest BCUT2D eigenvalue weighted by Crippen LogP contribution is 2.25. The first-order valence-corrected chi connectivity index (χ1v) is 10.1. The van der Waals surface area contributed by atoms with Crippen molar-refractivity contribution >= 4 is 11.8 Å². The molecule has 2 aromatic heterocycles. The minimum Gasteiger partial charge on any atom is -0.453 e. The van der Waals surface area contributed by atoms with Gasteiger partial charge in [0, 0.05) is 41.4 Å². The second-order valence-electron chi connectivity index (χ2n) is 7.87. The molecule has 1 fully saturated rings. The Morgan fingerprint density at radius 2 is 2.07 bits per heavy atom. The largest absolute Gasteiger partial charge is 0.453 e. The van der Waals surface area contributed by atoms with Crippen LogP contribution in [-0.4, -0.2) is 45.7 Å². The van der Waals surface area contributed by atoms with E-state index in [-0.39, 0.29) is 24.2 Å². The van der Waals surface area contributed by atoms with E-state index in [1.807, 2.05) is 19.9 Å². The number of aromatic amines is 1. The fourth-order valence-corrected chi connectivity index (χ4v) is 4.23. The van der Waals surface area contributed by atoms with Gasteiger partial charge in [0.2, 0.25) is 5.78 Å². The average Bonchev–Trinajstić information content (AvgIpc) is 3.34. The zero-order valence-corrected chi connectivity index (χ0v) is 17.8. The Morgan fingerprint density at radius 1 is 1.34 bits per heavy atom. The minimum atomic E-state index is -0.691. The van der Waals surface area contributed by atoms with E-state index in [1.165, 1.54) is 0 Å². The number of H-pyrrole nitrogens is 1. The van der Waals surface area contributed by atoms with Gasteiger partial charge in [0.25, 0.3) is 0 Å². The van der Waals surface area contributed by atoms with Gasteiger partial charge in [-0.3, -0.25) is 4.79 Å². The van der Waals surface area contributed by atoms with Crippen molar-refractivity contribution in [2.24, 2.45) is 0 Å². The van der Waals surface area contributed by atoms with Gasteiger partial charge in [-0.1, -0.05) is 0 Å². The Labute approximate surface area is 171 Å². The van der Waals surface area contributed by atoms with Crippen LogP contribution in [0.5, 0.6) is 0 Å². The third-order valence-electron chi connectivity index (χ3n) is 5.74. The van der Waals surface area contributed by atoms with Gasteiger partial charge in [-0.2, -0.15) is 0 Å². The number of nitrogens with one attached hydrogen (secondary N) is 1. The SMILES string of the molecule is Cc1[nH]c(C(=O)OCC(=O)c2cc(C)n(C[C@H]3CCCO3)c2C)c(C)c1[C@H](C)O. The van der Waals surface area contributed by atoms with Crippen LogP contribution >= 0.6 is 0 Å². The molecule has 1 saturated heterocycles. The van der Waals surface area contributed by atoms with Crippen molar-refractivity contribution in [2.75, 3.05) is 13.2 Å². The van der Waals surface area contributed by atoms with Gasteiger partial charge in [0.1, 0.15) is 5.69 Å². The van der Waals surface area contributed by atoms with E-state index in [9.17, 15) is 14.7 Å². The van der Waals surface area contributed by atoms with Crippen molar-refractivity contribution < 1.29 is 24.2 Å². The van der Waals surface area contributed by atoms with Crippen LogP contribution in [0, 0.1) is 27.7 Å². The van der Waals surface area contributed by atoms with Gasteiger partial charge < -0.3 is 24.1 Å². The number of hydrogen-bond donors (Lipinski definition) is 2. The topological polar surface area (TPSA) is 93.6 Å². The number of aryl methyl sites for hydroxylation is 2. The third kappa shape index (κ3) is 4.31. The molecule has 0 saturated carbocycles. The summed E-state index contributed by atoms with van der Waals surface area (Å²) in [4.78, 5) is 28.1. The molecule has 2 aromatic rings. The highest BCUT2D eigenvalue weighted by atomic mass is 16.5. The maximum atomic E-state index is 12.7. The summed E-state index contributed by atoms with van der Waals surface area (Å²) in [6, 6.07) is 1.84. The number of esters is 1. The summed E-state index contributed by atoms with van der Waals surface area (Å²) < 4.78 is 13.1. The number of hydrogen-bond acceptors (Lipinski definition) is 5. The molecule has 7 nitrogen and oxygen atoms in total. The van der Waals surface area contributed by atoms with Crippen molar-refractivity contribution in [3.8, 4) is 0 Å². The quantitative estimate of drug-likeness (QED) is 0.547. The molecule has 0 bridgehead atoms. The van der Waals surface area contributed by atoms with Crippen LogP contribution in [0.2, 0.25) is 0 Å². The van der Waals surface area contributed by atoms with Crippen LogP contribution in [0.4, 0.5) is 0 Å². The second kappa shape index (κ2) is 8.55. The van der Waals surface area contributed by atoms with E-state index in [2.05, 4.69) is 9.55 Å². The molecule has 0 aliphatic carbocycles. The fourth-order valence-electron chi connectivity index (χ4n) is 4.23. The molecule has 0 spiro atoms. The van der Waals surface area contributed by atoms with E-state index in [1.54, 1.807) is 20.8 Å². The summed E-state index contributed by atoms with van der Waals surface area (Å²) in [6.45, 7) is 10.3. The summed E-state index contributed by atoms with van der Waals surface area (Å²) in [6.07, 6.45) is 1.59. The first kappa shape index (κ1) is 21.3. The number of rotatable bonds is 7. The number of carbonyl (C=O) groups is 2. The molecule has 29 heavy (non-hydrogen) atoms. The van der Waals surface area contributed by atoms with Gasteiger partial charge in [-0.15, -0.1) is 0 Å². The van der Waals surface area contributed by atoms with Crippen LogP contribution in [0.1, 0.15) is 74.9 Å². The summed E-state index contributed by atoms with van der Waals surface area (Å²) in [7, 11) is 0. The van der Waals surface area contributed by atoms with E-state index in [4.69, 9.17) is 9.47 Å². The standard InChI is InChI=1S/C22H30N2O5/c1-12-9-18(15(4)24(12)10-17-7-6-8-28-17)19(26)11-29-22(27)21-13(2)20(16(5)25)14(3)23-21/h9,16-17,23,25H,6-8,10-11H2,1-5H3/t16-,17+/m0/s1. The number of carbonyl (C=O) groups excluding carboxylic acids is 2. The number of aromatic nitrogens is 2. The summed E-state index contributed by atoms with van der Waals surface area (Å²) in [5.41, 5.74) is 4.74. The van der Waals surface area contributed by atoms with E-state index in [0.717, 1.165) is 37.4 Å². The third-order valence-corrected chi connectivity index (χ3v) is 5.74. The Morgan fingerprint density at radius 3 is 2.66 bits per heavy atom. The smallest absolute Gasteiger partial charge is 0.355 e. The highest BCUT2D eigenvalue weighted by molar-refractivity contribution is 6.00.